The maximum Gasteiger partial charge on any atom is 0.241 e. The van der Waals surface area contributed by atoms with E-state index in [2.05, 4.69) is 9.82 Å². The summed E-state index contributed by atoms with van der Waals surface area (Å²) in [5, 5.41) is 8.44. The monoisotopic (exact) mass is 561 g/mol. The summed E-state index contributed by atoms with van der Waals surface area (Å²) in [5.41, 5.74) is 2.23. The molecule has 3 aromatic carbocycles. The normalized spacial score (nSPS) is 16.2. The van der Waals surface area contributed by atoms with Crippen LogP contribution in [0.15, 0.2) is 70.7 Å². The van der Waals surface area contributed by atoms with Crippen LogP contribution in [0, 0.1) is 0 Å². The number of benzene rings is 3. The maximum atomic E-state index is 12.8. The molecule has 0 fully saturated rings. The minimum atomic E-state index is -3.86. The quantitative estimate of drug-likeness (QED) is 0.344. The van der Waals surface area contributed by atoms with Gasteiger partial charge in [-0.3, -0.25) is 5.01 Å². The molecule has 0 aliphatic carbocycles. The molecule has 0 saturated heterocycles. The van der Waals surface area contributed by atoms with Gasteiger partial charge in [0.25, 0.3) is 0 Å². The van der Waals surface area contributed by atoms with Crippen LogP contribution in [-0.4, -0.2) is 20.7 Å². The van der Waals surface area contributed by atoms with Crippen molar-refractivity contribution in [2.24, 2.45) is 5.10 Å². The first-order valence-corrected chi connectivity index (χ1v) is 13.0. The van der Waals surface area contributed by atoms with Crippen LogP contribution in [0.3, 0.4) is 0 Å². The number of nitrogens with zero attached hydrogens (tertiary/aromatic N) is 2. The number of anilines is 1. The van der Waals surface area contributed by atoms with Crippen molar-refractivity contribution in [2.45, 2.75) is 17.4 Å². The summed E-state index contributed by atoms with van der Waals surface area (Å²) < 4.78 is 28.1. The van der Waals surface area contributed by atoms with Crippen LogP contribution in [0.1, 0.15) is 18.0 Å². The predicted molar refractivity (Wildman–Crippen MR) is 137 cm³/mol. The van der Waals surface area contributed by atoms with E-state index in [9.17, 15) is 8.42 Å². The van der Waals surface area contributed by atoms with Crippen molar-refractivity contribution in [2.75, 3.05) is 11.6 Å². The first-order valence-electron chi connectivity index (χ1n) is 9.64. The minimum absolute atomic E-state index is 0.00172. The molecule has 33 heavy (non-hydrogen) atoms. The molecule has 4 rings (SSSR count). The second-order valence-corrected chi connectivity index (χ2v) is 11.2. The van der Waals surface area contributed by atoms with Gasteiger partial charge in [-0.1, -0.05) is 70.1 Å². The lowest BCUT2D eigenvalue weighted by atomic mass is 10.0. The zero-order chi connectivity index (χ0) is 23.8. The van der Waals surface area contributed by atoms with E-state index < -0.39 is 10.0 Å². The van der Waals surface area contributed by atoms with Crippen molar-refractivity contribution in [3.8, 4) is 0 Å². The minimum Gasteiger partial charge on any atom is -0.256 e. The van der Waals surface area contributed by atoms with Crippen molar-refractivity contribution >= 4 is 79.4 Å². The van der Waals surface area contributed by atoms with Gasteiger partial charge in [0.2, 0.25) is 10.0 Å². The largest absolute Gasteiger partial charge is 0.256 e. The van der Waals surface area contributed by atoms with E-state index in [1.54, 1.807) is 35.3 Å². The smallest absolute Gasteiger partial charge is 0.241 e. The summed E-state index contributed by atoms with van der Waals surface area (Å²) in [6, 6.07) is 16.5. The van der Waals surface area contributed by atoms with Gasteiger partial charge in [-0.25, -0.2) is 13.1 Å². The van der Waals surface area contributed by atoms with E-state index in [1.807, 2.05) is 12.1 Å². The summed E-state index contributed by atoms with van der Waals surface area (Å²) in [6.45, 7) is -0.00172. The van der Waals surface area contributed by atoms with Crippen LogP contribution in [0.25, 0.3) is 0 Å². The molecule has 1 N–H and O–H groups in total. The molecule has 0 amide bonds. The van der Waals surface area contributed by atoms with Crippen LogP contribution in [0.2, 0.25) is 25.1 Å². The van der Waals surface area contributed by atoms with Crippen molar-refractivity contribution in [1.82, 2.24) is 4.72 Å². The summed E-state index contributed by atoms with van der Waals surface area (Å²) >= 11 is 30.5. The Hall–Kier alpha value is -1.51. The van der Waals surface area contributed by atoms with E-state index in [0.29, 0.717) is 32.9 Å². The van der Waals surface area contributed by atoms with E-state index in [4.69, 9.17) is 58.0 Å². The highest BCUT2D eigenvalue weighted by molar-refractivity contribution is 7.89. The van der Waals surface area contributed by atoms with Crippen LogP contribution in [0.4, 0.5) is 5.69 Å². The Kier molecular flexibility index (Phi) is 7.46. The Morgan fingerprint density at radius 3 is 2.12 bits per heavy atom. The Morgan fingerprint density at radius 1 is 0.848 bits per heavy atom. The van der Waals surface area contributed by atoms with Gasteiger partial charge in [0, 0.05) is 26.5 Å². The van der Waals surface area contributed by atoms with Gasteiger partial charge >= 0.3 is 0 Å². The average Bonchev–Trinajstić information content (AvgIpc) is 3.16. The third kappa shape index (κ3) is 5.77. The van der Waals surface area contributed by atoms with Crippen molar-refractivity contribution in [3.63, 3.8) is 0 Å². The molecule has 0 radical (unpaired) electrons. The SMILES string of the molecule is O=S(=O)(NCC1=NN(c2ccc(Cl)cc2Cl)C(c2ccc(Cl)cc2)C1)c1cc(Cl)cc(Cl)c1. The molecule has 1 unspecified atom stereocenters. The number of hydrazone groups is 1. The molecule has 0 aromatic heterocycles. The molecule has 0 saturated carbocycles. The second kappa shape index (κ2) is 10.0. The second-order valence-electron chi connectivity index (χ2n) is 7.31. The van der Waals surface area contributed by atoms with Crippen LogP contribution >= 0.6 is 58.0 Å². The zero-order valence-corrected chi connectivity index (χ0v) is 21.4. The number of hydrogen-bond acceptors (Lipinski definition) is 4. The molecule has 3 aromatic rings. The molecular formula is C22H16Cl5N3O2S. The Bertz CT molecular complexity index is 1310. The fourth-order valence-corrected chi connectivity index (χ4v) is 5.82. The lowest BCUT2D eigenvalue weighted by molar-refractivity contribution is 0.586. The Balaban J connectivity index is 1.62. The number of halogens is 5. The molecule has 0 spiro atoms. The third-order valence-corrected chi connectivity index (χ3v) is 7.60. The molecule has 11 heteroatoms. The lowest BCUT2D eigenvalue weighted by Crippen LogP contribution is -2.29. The Morgan fingerprint density at radius 2 is 1.48 bits per heavy atom. The molecule has 5 nitrogen and oxygen atoms in total. The molecule has 172 valence electrons. The van der Waals surface area contributed by atoms with Gasteiger partial charge < -0.3 is 0 Å². The fraction of sp³-hybridized carbons (Fsp3) is 0.136. The third-order valence-electron chi connectivity index (χ3n) is 5.00. The maximum absolute atomic E-state index is 12.8. The van der Waals surface area contributed by atoms with Gasteiger partial charge in [0.1, 0.15) is 0 Å². The lowest BCUT2D eigenvalue weighted by Gasteiger charge is -2.25. The summed E-state index contributed by atoms with van der Waals surface area (Å²) in [7, 11) is -3.86. The number of nitrogens with one attached hydrogen (secondary N) is 1. The Labute approximate surface area is 216 Å². The first-order chi connectivity index (χ1) is 15.6. The molecule has 1 atom stereocenters. The van der Waals surface area contributed by atoms with Gasteiger partial charge in [0.05, 0.1) is 33.9 Å². The van der Waals surface area contributed by atoms with Crippen LogP contribution < -0.4 is 9.73 Å². The van der Waals surface area contributed by atoms with Crippen LogP contribution in [-0.2, 0) is 10.0 Å². The van der Waals surface area contributed by atoms with Gasteiger partial charge in [-0.05, 0) is 54.1 Å². The van der Waals surface area contributed by atoms with E-state index in [0.717, 1.165) is 5.56 Å². The molecule has 1 aliphatic rings. The highest BCUT2D eigenvalue weighted by Gasteiger charge is 2.31. The highest BCUT2D eigenvalue weighted by atomic mass is 35.5. The zero-order valence-electron chi connectivity index (χ0n) is 16.8. The standard InChI is InChI=1S/C22H16Cl5N3O2S/c23-14-3-1-13(2-4-14)22-11-18(29-30(22)21-6-5-15(24)10-20(21)27)12-28-33(31,32)19-8-16(25)7-17(26)9-19/h1-10,22,28H,11-12H2. The summed E-state index contributed by atoms with van der Waals surface area (Å²) in [4.78, 5) is -0.0227. The molecule has 1 heterocycles. The molecule has 0 bridgehead atoms. The fourth-order valence-electron chi connectivity index (χ4n) is 3.46. The van der Waals surface area contributed by atoms with Crippen LogP contribution in [0.5, 0.6) is 0 Å². The van der Waals surface area contributed by atoms with E-state index in [-0.39, 0.29) is 27.5 Å². The molecular weight excluding hydrogens is 548 g/mol. The van der Waals surface area contributed by atoms with Gasteiger partial charge in [-0.15, -0.1) is 0 Å². The van der Waals surface area contributed by atoms with Crippen molar-refractivity contribution < 1.29 is 8.42 Å². The number of hydrogen-bond donors (Lipinski definition) is 1. The number of sulfonamides is 1. The van der Waals surface area contributed by atoms with Gasteiger partial charge in [0.15, 0.2) is 0 Å². The van der Waals surface area contributed by atoms with Gasteiger partial charge in [-0.2, -0.15) is 5.10 Å². The van der Waals surface area contributed by atoms with Crippen molar-refractivity contribution in [3.05, 3.63) is 91.3 Å². The summed E-state index contributed by atoms with van der Waals surface area (Å²) in [5.74, 6) is 0. The number of rotatable bonds is 6. The average molecular weight is 564 g/mol. The van der Waals surface area contributed by atoms with Crippen molar-refractivity contribution in [1.29, 1.82) is 0 Å². The summed E-state index contributed by atoms with van der Waals surface area (Å²) in [6.07, 6.45) is 0.472. The highest BCUT2D eigenvalue weighted by Crippen LogP contribution is 2.39. The first kappa shape index (κ1) is 24.6. The molecule has 1 aliphatic heterocycles. The van der Waals surface area contributed by atoms with E-state index >= 15 is 0 Å². The van der Waals surface area contributed by atoms with E-state index in [1.165, 1.54) is 18.2 Å². The topological polar surface area (TPSA) is 61.8 Å². The predicted octanol–water partition coefficient (Wildman–Crippen LogP) is 7.24.